The van der Waals surface area contributed by atoms with Gasteiger partial charge in [0.25, 0.3) is 5.56 Å². The molecule has 0 fully saturated rings. The van der Waals surface area contributed by atoms with E-state index in [0.717, 1.165) is 0 Å². The molecule has 0 saturated carbocycles. The standard InChI is InChI=1S/C8H4BrFN2O/c9-8-11-6-4(7(13)12-8)2-1-3-5(6)10/h1-3H,(H,11,12,13). The summed E-state index contributed by atoms with van der Waals surface area (Å²) < 4.78 is 13.3. The largest absolute Gasteiger partial charge is 0.301 e. The van der Waals surface area contributed by atoms with Crippen molar-refractivity contribution in [2.75, 3.05) is 0 Å². The Labute approximate surface area is 80.7 Å². The number of H-pyrrole nitrogens is 1. The van der Waals surface area contributed by atoms with Gasteiger partial charge in [-0.05, 0) is 28.1 Å². The van der Waals surface area contributed by atoms with E-state index in [2.05, 4.69) is 25.9 Å². The third kappa shape index (κ3) is 1.35. The van der Waals surface area contributed by atoms with Crippen molar-refractivity contribution < 1.29 is 4.39 Å². The zero-order valence-electron chi connectivity index (χ0n) is 6.34. The highest BCUT2D eigenvalue weighted by Crippen LogP contribution is 2.12. The average Bonchev–Trinajstić information content (AvgIpc) is 2.07. The number of hydrogen-bond acceptors (Lipinski definition) is 2. The van der Waals surface area contributed by atoms with Crippen LogP contribution in [0.5, 0.6) is 0 Å². The second kappa shape index (κ2) is 2.92. The van der Waals surface area contributed by atoms with Crippen LogP contribution < -0.4 is 5.56 Å². The lowest BCUT2D eigenvalue weighted by Crippen LogP contribution is -2.08. The first kappa shape index (κ1) is 8.37. The zero-order chi connectivity index (χ0) is 9.42. The summed E-state index contributed by atoms with van der Waals surface area (Å²) >= 11 is 2.98. The van der Waals surface area contributed by atoms with Crippen LogP contribution in [-0.4, -0.2) is 9.97 Å². The van der Waals surface area contributed by atoms with Gasteiger partial charge in [0.1, 0.15) is 11.3 Å². The molecule has 5 heteroatoms. The topological polar surface area (TPSA) is 45.8 Å². The van der Waals surface area contributed by atoms with E-state index < -0.39 is 5.82 Å². The van der Waals surface area contributed by atoms with Crippen LogP contribution in [0.2, 0.25) is 0 Å². The Hall–Kier alpha value is -1.23. The maximum atomic E-state index is 13.1. The lowest BCUT2D eigenvalue weighted by Gasteiger charge is -1.97. The van der Waals surface area contributed by atoms with Gasteiger partial charge in [0.15, 0.2) is 4.73 Å². The molecule has 13 heavy (non-hydrogen) atoms. The molecule has 0 aliphatic carbocycles. The lowest BCUT2D eigenvalue weighted by molar-refractivity contribution is 0.636. The van der Waals surface area contributed by atoms with Crippen LogP contribution in [0, 0.1) is 5.82 Å². The van der Waals surface area contributed by atoms with Crippen LogP contribution in [0.4, 0.5) is 4.39 Å². The molecular weight excluding hydrogens is 239 g/mol. The van der Waals surface area contributed by atoms with Crippen molar-refractivity contribution in [1.29, 1.82) is 0 Å². The fraction of sp³-hybridized carbons (Fsp3) is 0. The molecule has 0 saturated heterocycles. The average molecular weight is 243 g/mol. The number of nitrogens with zero attached hydrogens (tertiary/aromatic N) is 1. The maximum Gasteiger partial charge on any atom is 0.259 e. The molecule has 0 amide bonds. The van der Waals surface area contributed by atoms with Gasteiger partial charge in [-0.15, -0.1) is 0 Å². The van der Waals surface area contributed by atoms with E-state index in [1.54, 1.807) is 0 Å². The monoisotopic (exact) mass is 242 g/mol. The minimum atomic E-state index is -0.496. The molecule has 1 aromatic heterocycles. The predicted molar refractivity (Wildman–Crippen MR) is 50.0 cm³/mol. The minimum Gasteiger partial charge on any atom is -0.301 e. The second-order valence-electron chi connectivity index (χ2n) is 2.49. The van der Waals surface area contributed by atoms with Crippen LogP contribution in [-0.2, 0) is 0 Å². The van der Waals surface area contributed by atoms with Crippen LogP contribution in [0.3, 0.4) is 0 Å². The number of halogens is 2. The molecule has 66 valence electrons. The highest BCUT2D eigenvalue weighted by molar-refractivity contribution is 9.10. The molecule has 0 spiro atoms. The lowest BCUT2D eigenvalue weighted by atomic mass is 10.2. The molecule has 3 nitrogen and oxygen atoms in total. The van der Waals surface area contributed by atoms with E-state index in [0.29, 0.717) is 0 Å². The first-order valence-electron chi connectivity index (χ1n) is 3.52. The summed E-state index contributed by atoms with van der Waals surface area (Å²) in [5, 5.41) is 0.253. The quantitative estimate of drug-likeness (QED) is 0.717. The smallest absolute Gasteiger partial charge is 0.259 e. The highest BCUT2D eigenvalue weighted by Gasteiger charge is 2.05. The van der Waals surface area contributed by atoms with Gasteiger partial charge in [-0.3, -0.25) is 4.79 Å². The number of benzene rings is 1. The van der Waals surface area contributed by atoms with E-state index in [-0.39, 0.29) is 21.2 Å². The Morgan fingerprint density at radius 1 is 1.46 bits per heavy atom. The number of para-hydroxylation sites is 1. The van der Waals surface area contributed by atoms with Crippen molar-refractivity contribution in [3.63, 3.8) is 0 Å². The molecule has 0 aliphatic rings. The fourth-order valence-corrected chi connectivity index (χ4v) is 1.46. The van der Waals surface area contributed by atoms with Gasteiger partial charge in [0.2, 0.25) is 0 Å². The number of hydrogen-bond donors (Lipinski definition) is 1. The number of aromatic amines is 1. The van der Waals surface area contributed by atoms with Crippen molar-refractivity contribution in [3.05, 3.63) is 39.1 Å². The summed E-state index contributed by atoms with van der Waals surface area (Å²) in [6.07, 6.45) is 0. The fourth-order valence-electron chi connectivity index (χ4n) is 1.10. The van der Waals surface area contributed by atoms with Crippen molar-refractivity contribution in [3.8, 4) is 0 Å². The van der Waals surface area contributed by atoms with Gasteiger partial charge in [-0.2, -0.15) is 0 Å². The molecule has 2 rings (SSSR count). The van der Waals surface area contributed by atoms with E-state index >= 15 is 0 Å². The number of rotatable bonds is 0. The first-order valence-corrected chi connectivity index (χ1v) is 4.32. The van der Waals surface area contributed by atoms with Gasteiger partial charge in [0, 0.05) is 0 Å². The Balaban J connectivity index is 3.03. The summed E-state index contributed by atoms with van der Waals surface area (Å²) in [5.74, 6) is -0.496. The van der Waals surface area contributed by atoms with Crippen molar-refractivity contribution in [2.45, 2.75) is 0 Å². The molecule has 2 aromatic rings. The summed E-state index contributed by atoms with van der Waals surface area (Å²) in [6.45, 7) is 0. The summed E-state index contributed by atoms with van der Waals surface area (Å²) in [4.78, 5) is 17.5. The van der Waals surface area contributed by atoms with E-state index in [4.69, 9.17) is 0 Å². The summed E-state index contributed by atoms with van der Waals surface area (Å²) in [5.41, 5.74) is -0.269. The molecule has 0 unspecified atom stereocenters. The molecule has 0 bridgehead atoms. The Bertz CT molecular complexity index is 523. The van der Waals surface area contributed by atoms with E-state index in [1.165, 1.54) is 18.2 Å². The molecule has 1 heterocycles. The van der Waals surface area contributed by atoms with Gasteiger partial charge in [0.05, 0.1) is 5.39 Å². The minimum absolute atomic E-state index is 0.0816. The van der Waals surface area contributed by atoms with Crippen molar-refractivity contribution in [2.24, 2.45) is 0 Å². The Morgan fingerprint density at radius 3 is 3.00 bits per heavy atom. The third-order valence-corrected chi connectivity index (χ3v) is 2.03. The van der Waals surface area contributed by atoms with Crippen molar-refractivity contribution in [1.82, 2.24) is 9.97 Å². The van der Waals surface area contributed by atoms with Crippen LogP contribution in [0.1, 0.15) is 0 Å². The Morgan fingerprint density at radius 2 is 2.23 bits per heavy atom. The highest BCUT2D eigenvalue weighted by atomic mass is 79.9. The molecule has 1 aromatic carbocycles. The summed E-state index contributed by atoms with van der Waals surface area (Å²) in [6, 6.07) is 4.26. The summed E-state index contributed by atoms with van der Waals surface area (Å²) in [7, 11) is 0. The molecule has 0 radical (unpaired) electrons. The third-order valence-electron chi connectivity index (χ3n) is 1.66. The van der Waals surface area contributed by atoms with E-state index in [9.17, 15) is 9.18 Å². The van der Waals surface area contributed by atoms with Crippen LogP contribution >= 0.6 is 15.9 Å². The first-order chi connectivity index (χ1) is 6.18. The van der Waals surface area contributed by atoms with E-state index in [1.807, 2.05) is 0 Å². The van der Waals surface area contributed by atoms with Gasteiger partial charge < -0.3 is 4.98 Å². The number of aromatic nitrogens is 2. The van der Waals surface area contributed by atoms with Crippen LogP contribution in [0.25, 0.3) is 10.9 Å². The maximum absolute atomic E-state index is 13.1. The number of nitrogens with one attached hydrogen (secondary N) is 1. The number of fused-ring (bicyclic) bond motifs is 1. The normalized spacial score (nSPS) is 10.6. The van der Waals surface area contributed by atoms with Gasteiger partial charge >= 0.3 is 0 Å². The van der Waals surface area contributed by atoms with Crippen LogP contribution in [0.15, 0.2) is 27.7 Å². The molecule has 0 atom stereocenters. The predicted octanol–water partition coefficient (Wildman–Crippen LogP) is 1.82. The van der Waals surface area contributed by atoms with Gasteiger partial charge in [-0.1, -0.05) is 6.07 Å². The van der Waals surface area contributed by atoms with Gasteiger partial charge in [-0.25, -0.2) is 9.37 Å². The zero-order valence-corrected chi connectivity index (χ0v) is 7.93. The molecule has 1 N–H and O–H groups in total. The molecular formula is C8H4BrFN2O. The molecule has 0 aliphatic heterocycles. The second-order valence-corrected chi connectivity index (χ2v) is 3.24. The SMILES string of the molecule is O=c1[nH]c(Br)nc2c(F)cccc12. The van der Waals surface area contributed by atoms with Crippen molar-refractivity contribution >= 4 is 26.8 Å². The Kier molecular flexibility index (Phi) is 1.88.